The van der Waals surface area contributed by atoms with Gasteiger partial charge in [-0.3, -0.25) is 9.59 Å². The van der Waals surface area contributed by atoms with Gasteiger partial charge >= 0.3 is 5.97 Å². The molecular weight excluding hydrogens is 434 g/mol. The first-order valence-corrected chi connectivity index (χ1v) is 12.0. The van der Waals surface area contributed by atoms with Crippen LogP contribution >= 0.6 is 0 Å². The zero-order valence-corrected chi connectivity index (χ0v) is 20.7. The lowest BCUT2D eigenvalue weighted by molar-refractivity contribution is -0.144. The average molecular weight is 472 g/mol. The minimum absolute atomic E-state index is 0.179. The van der Waals surface area contributed by atoms with E-state index in [1.807, 2.05) is 47.2 Å². The van der Waals surface area contributed by atoms with E-state index in [-0.39, 0.29) is 17.9 Å². The van der Waals surface area contributed by atoms with Gasteiger partial charge in [-0.2, -0.15) is 0 Å². The Morgan fingerprint density at radius 2 is 1.94 bits per heavy atom. The molecule has 0 unspecified atom stereocenters. The van der Waals surface area contributed by atoms with Crippen molar-refractivity contribution in [2.45, 2.75) is 45.6 Å². The Morgan fingerprint density at radius 1 is 1.21 bits per heavy atom. The molecule has 2 atom stereocenters. The van der Waals surface area contributed by atoms with Crippen molar-refractivity contribution < 1.29 is 19.4 Å². The minimum atomic E-state index is -0.817. The summed E-state index contributed by atoms with van der Waals surface area (Å²) in [6.45, 7) is 6.44. The van der Waals surface area contributed by atoms with Crippen molar-refractivity contribution in [3.05, 3.63) is 41.7 Å². The highest BCUT2D eigenvalue weighted by Gasteiger charge is 2.37. The maximum Gasteiger partial charge on any atom is 0.307 e. The smallest absolute Gasteiger partial charge is 0.307 e. The number of likely N-dealkylation sites (tertiary alicyclic amines) is 1. The summed E-state index contributed by atoms with van der Waals surface area (Å²) >= 11 is 0. The number of piperidine rings is 1. The monoisotopic (exact) mass is 471 g/mol. The summed E-state index contributed by atoms with van der Waals surface area (Å²) in [5.41, 5.74) is 1.98. The molecule has 9 heteroatoms. The summed E-state index contributed by atoms with van der Waals surface area (Å²) in [5.74, 6) is -1.27. The van der Waals surface area contributed by atoms with Gasteiger partial charge in [-0.15, -0.1) is 5.10 Å². The molecule has 9 nitrogen and oxygen atoms in total. The van der Waals surface area contributed by atoms with Crippen molar-refractivity contribution in [3.63, 3.8) is 0 Å². The molecule has 1 amide bonds. The number of nitrogens with zero attached hydrogens (tertiary/aromatic N) is 5. The molecule has 2 aromatic rings. The number of unbranched alkanes of at least 4 members (excludes halogenated alkanes) is 1. The Hall–Kier alpha value is -2.78. The number of hydrogen-bond donors (Lipinski definition) is 1. The van der Waals surface area contributed by atoms with Gasteiger partial charge in [0.15, 0.2) is 5.69 Å². The van der Waals surface area contributed by atoms with Crippen LogP contribution < -0.4 is 0 Å². The van der Waals surface area contributed by atoms with Crippen LogP contribution in [0.1, 0.15) is 49.3 Å². The highest BCUT2D eigenvalue weighted by atomic mass is 16.5. The fourth-order valence-corrected chi connectivity index (χ4v) is 4.63. The van der Waals surface area contributed by atoms with Crippen LogP contribution in [0.5, 0.6) is 0 Å². The number of likely N-dealkylation sites (N-methyl/N-ethyl adjacent to an activating group) is 1. The third-order valence-electron chi connectivity index (χ3n) is 6.20. The largest absolute Gasteiger partial charge is 0.481 e. The third-order valence-corrected chi connectivity index (χ3v) is 6.20. The molecule has 0 saturated carbocycles. The van der Waals surface area contributed by atoms with Gasteiger partial charge in [0.25, 0.3) is 5.91 Å². The summed E-state index contributed by atoms with van der Waals surface area (Å²) in [4.78, 5) is 29.5. The molecule has 1 N–H and O–H groups in total. The molecule has 1 aromatic carbocycles. The zero-order valence-electron chi connectivity index (χ0n) is 20.7. The fraction of sp³-hybridized carbons (Fsp3) is 0.600. The lowest BCUT2D eigenvalue weighted by Gasteiger charge is -2.40. The Bertz CT molecular complexity index is 946. The maximum absolute atomic E-state index is 13.9. The number of carbonyl (C=O) groups is 2. The molecule has 0 spiro atoms. The van der Waals surface area contributed by atoms with Crippen molar-refractivity contribution in [1.29, 1.82) is 0 Å². The molecule has 1 aliphatic heterocycles. The van der Waals surface area contributed by atoms with Crippen LogP contribution in [-0.2, 0) is 16.0 Å². The number of carboxylic acid groups (broad SMARTS) is 1. The number of hydrogen-bond acceptors (Lipinski definition) is 6. The van der Waals surface area contributed by atoms with Gasteiger partial charge in [0.1, 0.15) is 0 Å². The summed E-state index contributed by atoms with van der Waals surface area (Å²) < 4.78 is 6.94. The zero-order chi connectivity index (χ0) is 24.7. The Kier molecular flexibility index (Phi) is 9.18. The van der Waals surface area contributed by atoms with Crippen molar-refractivity contribution in [2.24, 2.45) is 11.8 Å². The normalized spacial score (nSPS) is 18.9. The second kappa shape index (κ2) is 12.1. The van der Waals surface area contributed by atoms with Gasteiger partial charge in [-0.25, -0.2) is 4.68 Å². The molecular formula is C25H37N5O4. The number of benzene rings is 1. The highest BCUT2D eigenvalue weighted by Crippen LogP contribution is 2.25. The number of carboxylic acids is 1. The second-order valence-corrected chi connectivity index (χ2v) is 9.58. The first-order valence-electron chi connectivity index (χ1n) is 12.0. The van der Waals surface area contributed by atoms with Crippen molar-refractivity contribution in [1.82, 2.24) is 24.8 Å². The Labute approximate surface area is 201 Å². The number of methoxy groups -OCH3 is 1. The highest BCUT2D eigenvalue weighted by molar-refractivity contribution is 5.93. The molecule has 1 fully saturated rings. The van der Waals surface area contributed by atoms with Crippen molar-refractivity contribution in [3.8, 4) is 5.69 Å². The quantitative estimate of drug-likeness (QED) is 0.503. The van der Waals surface area contributed by atoms with Crippen molar-refractivity contribution in [2.75, 3.05) is 40.4 Å². The van der Waals surface area contributed by atoms with E-state index in [0.29, 0.717) is 44.8 Å². The van der Waals surface area contributed by atoms with Crippen LogP contribution in [0.15, 0.2) is 30.3 Å². The summed E-state index contributed by atoms with van der Waals surface area (Å²) in [6.07, 6.45) is 2.79. The van der Waals surface area contributed by atoms with Gasteiger partial charge in [-0.1, -0.05) is 37.3 Å². The van der Waals surface area contributed by atoms with Gasteiger partial charge in [0.05, 0.1) is 17.3 Å². The first-order chi connectivity index (χ1) is 16.3. The first kappa shape index (κ1) is 25.8. The summed E-state index contributed by atoms with van der Waals surface area (Å²) in [6, 6.07) is 9.50. The molecule has 2 heterocycles. The number of carbonyl (C=O) groups excluding carboxylic acids is 1. The standard InChI is InChI=1S/C25H37N5O4/c1-18(2)15-29(21-14-19(25(32)33)16-28(3)17-21)24(31)23-22(12-8-9-13-34-4)30(27-26-23)20-10-6-5-7-11-20/h5-7,10-11,18-19,21H,8-9,12-17H2,1-4H3,(H,32,33)/t19-,21+/m1/s1. The van der Waals surface area contributed by atoms with Crippen molar-refractivity contribution >= 4 is 11.9 Å². The van der Waals surface area contributed by atoms with E-state index in [0.717, 1.165) is 24.2 Å². The van der Waals surface area contributed by atoms with E-state index in [1.165, 1.54) is 0 Å². The maximum atomic E-state index is 13.9. The van der Waals surface area contributed by atoms with E-state index in [2.05, 4.69) is 24.2 Å². The van der Waals surface area contributed by atoms with Crippen LogP contribution in [0.4, 0.5) is 0 Å². The molecule has 0 bridgehead atoms. The predicted molar refractivity (Wildman–Crippen MR) is 129 cm³/mol. The number of aliphatic carboxylic acids is 1. The van der Waals surface area contributed by atoms with Gasteiger partial charge in [0, 0.05) is 39.4 Å². The molecule has 0 radical (unpaired) electrons. The van der Waals surface area contributed by atoms with E-state index in [4.69, 9.17) is 4.74 Å². The minimum Gasteiger partial charge on any atom is -0.481 e. The van der Waals surface area contributed by atoms with E-state index < -0.39 is 11.9 Å². The molecule has 34 heavy (non-hydrogen) atoms. The lowest BCUT2D eigenvalue weighted by Crippen LogP contribution is -2.54. The second-order valence-electron chi connectivity index (χ2n) is 9.58. The van der Waals surface area contributed by atoms with E-state index >= 15 is 0 Å². The van der Waals surface area contributed by atoms with Crippen LogP contribution in [0.25, 0.3) is 5.69 Å². The fourth-order valence-electron chi connectivity index (χ4n) is 4.63. The molecule has 1 aliphatic rings. The van der Waals surface area contributed by atoms with Gasteiger partial charge < -0.3 is 19.6 Å². The Morgan fingerprint density at radius 3 is 2.59 bits per heavy atom. The molecule has 1 saturated heterocycles. The summed E-state index contributed by atoms with van der Waals surface area (Å²) in [7, 11) is 3.59. The number of rotatable bonds is 11. The molecule has 1 aromatic heterocycles. The predicted octanol–water partition coefficient (Wildman–Crippen LogP) is 2.74. The van der Waals surface area contributed by atoms with E-state index in [9.17, 15) is 14.7 Å². The SMILES string of the molecule is COCCCCc1c(C(=O)N(CC(C)C)[C@H]2C[C@@H](C(=O)O)CN(C)C2)nnn1-c1ccccc1. The van der Waals surface area contributed by atoms with E-state index in [1.54, 1.807) is 11.8 Å². The topological polar surface area (TPSA) is 101 Å². The van der Waals surface area contributed by atoms with Crippen LogP contribution in [0.3, 0.4) is 0 Å². The van der Waals surface area contributed by atoms with Gasteiger partial charge in [0.2, 0.25) is 0 Å². The average Bonchev–Trinajstić information content (AvgIpc) is 3.23. The Balaban J connectivity index is 1.95. The number of para-hydroxylation sites is 1. The third kappa shape index (κ3) is 6.42. The number of amides is 1. The summed E-state index contributed by atoms with van der Waals surface area (Å²) in [5, 5.41) is 18.3. The van der Waals surface area contributed by atoms with Crippen LogP contribution in [0, 0.1) is 11.8 Å². The van der Waals surface area contributed by atoms with Crippen LogP contribution in [0.2, 0.25) is 0 Å². The number of ether oxygens (including phenoxy) is 1. The van der Waals surface area contributed by atoms with Crippen LogP contribution in [-0.4, -0.2) is 88.2 Å². The van der Waals surface area contributed by atoms with Gasteiger partial charge in [-0.05, 0) is 50.8 Å². The molecule has 3 rings (SSSR count). The number of aromatic nitrogens is 3. The molecule has 0 aliphatic carbocycles. The lowest BCUT2D eigenvalue weighted by atomic mass is 9.92. The molecule has 186 valence electrons.